The Bertz CT molecular complexity index is 472. The highest BCUT2D eigenvalue weighted by Gasteiger charge is 2.39. The number of hydrogen-bond acceptors (Lipinski definition) is 2. The average molecular weight is 296 g/mol. The van der Waals surface area contributed by atoms with Crippen LogP contribution in [0.5, 0.6) is 0 Å². The van der Waals surface area contributed by atoms with Crippen LogP contribution in [0.15, 0.2) is 18.2 Å². The average Bonchev–Trinajstić information content (AvgIpc) is 2.52. The van der Waals surface area contributed by atoms with Crippen molar-refractivity contribution in [1.29, 1.82) is 0 Å². The van der Waals surface area contributed by atoms with Crippen molar-refractivity contribution in [3.8, 4) is 0 Å². The quantitative estimate of drug-likeness (QED) is 0.887. The van der Waals surface area contributed by atoms with E-state index >= 15 is 0 Å². The molecule has 1 aromatic carbocycles. The van der Waals surface area contributed by atoms with Gasteiger partial charge in [0.1, 0.15) is 0 Å². The lowest BCUT2D eigenvalue weighted by Crippen LogP contribution is -2.55. The molecule has 1 heterocycles. The SMILES string of the molecule is CCC(C)(C(NC)c1ccc(F)c(F)c1)N1CCCCC1. The number of halogens is 2. The van der Waals surface area contributed by atoms with Crippen molar-refractivity contribution < 1.29 is 8.78 Å². The first-order valence-electron chi connectivity index (χ1n) is 7.90. The number of nitrogens with zero attached hydrogens (tertiary/aromatic N) is 1. The highest BCUT2D eigenvalue weighted by Crippen LogP contribution is 2.36. The highest BCUT2D eigenvalue weighted by atomic mass is 19.2. The standard InChI is InChI=1S/C17H26F2N2/c1-4-17(2,21-10-6-5-7-11-21)16(20-3)13-8-9-14(18)15(19)12-13/h8-9,12,16,20H,4-7,10-11H2,1-3H3. The second kappa shape index (κ2) is 6.84. The third-order valence-corrected chi connectivity index (χ3v) is 4.98. The maximum atomic E-state index is 13.6. The van der Waals surface area contributed by atoms with Crippen LogP contribution in [-0.2, 0) is 0 Å². The lowest BCUT2D eigenvalue weighted by atomic mass is 9.81. The smallest absolute Gasteiger partial charge is 0.159 e. The molecule has 118 valence electrons. The molecule has 2 rings (SSSR count). The molecule has 0 amide bonds. The van der Waals surface area contributed by atoms with Crippen LogP contribution in [0, 0.1) is 11.6 Å². The lowest BCUT2D eigenvalue weighted by molar-refractivity contribution is 0.0447. The monoisotopic (exact) mass is 296 g/mol. The summed E-state index contributed by atoms with van der Waals surface area (Å²) in [4.78, 5) is 2.50. The molecule has 0 radical (unpaired) electrons. The topological polar surface area (TPSA) is 15.3 Å². The van der Waals surface area contributed by atoms with Crippen LogP contribution in [0.4, 0.5) is 8.78 Å². The summed E-state index contributed by atoms with van der Waals surface area (Å²) in [7, 11) is 1.89. The van der Waals surface area contributed by atoms with Gasteiger partial charge in [-0.15, -0.1) is 0 Å². The molecule has 2 nitrogen and oxygen atoms in total. The molecule has 0 bridgehead atoms. The van der Waals surface area contributed by atoms with Gasteiger partial charge in [0, 0.05) is 5.54 Å². The number of piperidine rings is 1. The Hall–Kier alpha value is -1.00. The number of nitrogens with one attached hydrogen (secondary N) is 1. The molecule has 0 spiro atoms. The largest absolute Gasteiger partial charge is 0.311 e. The van der Waals surface area contributed by atoms with Crippen molar-refractivity contribution in [2.24, 2.45) is 0 Å². The summed E-state index contributed by atoms with van der Waals surface area (Å²) >= 11 is 0. The highest BCUT2D eigenvalue weighted by molar-refractivity contribution is 5.25. The zero-order valence-corrected chi connectivity index (χ0v) is 13.3. The van der Waals surface area contributed by atoms with Crippen LogP contribution in [-0.4, -0.2) is 30.6 Å². The summed E-state index contributed by atoms with van der Waals surface area (Å²) in [5, 5.41) is 3.32. The molecular weight excluding hydrogens is 270 g/mol. The molecule has 21 heavy (non-hydrogen) atoms. The maximum absolute atomic E-state index is 13.6. The second-order valence-electron chi connectivity index (χ2n) is 6.15. The van der Waals surface area contributed by atoms with Crippen LogP contribution in [0.25, 0.3) is 0 Å². The summed E-state index contributed by atoms with van der Waals surface area (Å²) in [6, 6.07) is 4.23. The molecule has 2 unspecified atom stereocenters. The van der Waals surface area contributed by atoms with Gasteiger partial charge >= 0.3 is 0 Å². The number of likely N-dealkylation sites (tertiary alicyclic amines) is 1. The van der Waals surface area contributed by atoms with Crippen molar-refractivity contribution in [3.63, 3.8) is 0 Å². The predicted molar refractivity (Wildman–Crippen MR) is 82.3 cm³/mol. The number of likely N-dealkylation sites (N-methyl/N-ethyl adjacent to an activating group) is 1. The molecule has 1 fully saturated rings. The predicted octanol–water partition coefficient (Wildman–Crippen LogP) is 3.88. The number of hydrogen-bond donors (Lipinski definition) is 1. The van der Waals surface area contributed by atoms with Gasteiger partial charge in [-0.3, -0.25) is 4.90 Å². The van der Waals surface area contributed by atoms with Gasteiger partial charge in [0.15, 0.2) is 11.6 Å². The zero-order chi connectivity index (χ0) is 15.5. The van der Waals surface area contributed by atoms with Gasteiger partial charge in [-0.25, -0.2) is 8.78 Å². The lowest BCUT2D eigenvalue weighted by Gasteiger charge is -2.48. The molecular formula is C17H26F2N2. The first kappa shape index (κ1) is 16.4. The first-order chi connectivity index (χ1) is 10.0. The van der Waals surface area contributed by atoms with Gasteiger partial charge in [0.25, 0.3) is 0 Å². The number of benzene rings is 1. The minimum absolute atomic E-state index is 0.0179. The van der Waals surface area contributed by atoms with E-state index in [0.717, 1.165) is 25.1 Å². The Morgan fingerprint density at radius 3 is 2.38 bits per heavy atom. The summed E-state index contributed by atoms with van der Waals surface area (Å²) in [6.45, 7) is 6.54. The van der Waals surface area contributed by atoms with Gasteiger partial charge < -0.3 is 5.32 Å². The Labute approximate surface area is 126 Å². The molecule has 1 aliphatic heterocycles. The van der Waals surface area contributed by atoms with Crippen molar-refractivity contribution in [1.82, 2.24) is 10.2 Å². The number of rotatable bonds is 5. The second-order valence-corrected chi connectivity index (χ2v) is 6.15. The van der Waals surface area contributed by atoms with Crippen molar-refractivity contribution in [3.05, 3.63) is 35.4 Å². The summed E-state index contributed by atoms with van der Waals surface area (Å²) in [5.41, 5.74) is 0.714. The zero-order valence-electron chi connectivity index (χ0n) is 13.3. The Kier molecular flexibility index (Phi) is 5.33. The molecule has 2 atom stereocenters. The van der Waals surface area contributed by atoms with Gasteiger partial charge in [0.2, 0.25) is 0 Å². The third-order valence-electron chi connectivity index (χ3n) is 4.98. The first-order valence-corrected chi connectivity index (χ1v) is 7.90. The van der Waals surface area contributed by atoms with Crippen LogP contribution in [0.2, 0.25) is 0 Å². The van der Waals surface area contributed by atoms with Crippen molar-refractivity contribution in [2.75, 3.05) is 20.1 Å². The van der Waals surface area contributed by atoms with E-state index < -0.39 is 11.6 Å². The maximum Gasteiger partial charge on any atom is 0.159 e. The molecule has 1 saturated heterocycles. The van der Waals surface area contributed by atoms with E-state index in [2.05, 4.69) is 24.1 Å². The van der Waals surface area contributed by atoms with E-state index in [9.17, 15) is 8.78 Å². The fourth-order valence-electron chi connectivity index (χ4n) is 3.54. The van der Waals surface area contributed by atoms with Crippen LogP contribution in [0.1, 0.15) is 51.1 Å². The van der Waals surface area contributed by atoms with E-state index in [0.29, 0.717) is 0 Å². The van der Waals surface area contributed by atoms with Crippen molar-refractivity contribution >= 4 is 0 Å². The molecule has 4 heteroatoms. The van der Waals surface area contributed by atoms with E-state index in [-0.39, 0.29) is 11.6 Å². The Balaban J connectivity index is 2.33. The molecule has 1 aromatic rings. The minimum Gasteiger partial charge on any atom is -0.311 e. The van der Waals surface area contributed by atoms with Gasteiger partial charge in [-0.2, -0.15) is 0 Å². The summed E-state index contributed by atoms with van der Waals surface area (Å²) < 4.78 is 26.8. The van der Waals surface area contributed by atoms with Gasteiger partial charge in [-0.1, -0.05) is 19.4 Å². The Morgan fingerprint density at radius 1 is 1.19 bits per heavy atom. The minimum atomic E-state index is -0.787. The van der Waals surface area contributed by atoms with E-state index in [4.69, 9.17) is 0 Å². The summed E-state index contributed by atoms with van der Waals surface area (Å²) in [6.07, 6.45) is 4.66. The molecule has 1 aliphatic rings. The van der Waals surface area contributed by atoms with Gasteiger partial charge in [0.05, 0.1) is 6.04 Å². The normalized spacial score (nSPS) is 21.0. The van der Waals surface area contributed by atoms with Crippen molar-refractivity contribution in [2.45, 2.75) is 51.1 Å². The van der Waals surface area contributed by atoms with Crippen LogP contribution in [0.3, 0.4) is 0 Å². The molecule has 0 aromatic heterocycles. The molecule has 1 N–H and O–H groups in total. The Morgan fingerprint density at radius 2 is 1.86 bits per heavy atom. The van der Waals surface area contributed by atoms with E-state index in [1.165, 1.54) is 31.4 Å². The van der Waals surface area contributed by atoms with E-state index in [1.54, 1.807) is 6.07 Å². The summed E-state index contributed by atoms with van der Waals surface area (Å²) in [5.74, 6) is -1.56. The van der Waals surface area contributed by atoms with Crippen LogP contribution < -0.4 is 5.32 Å². The van der Waals surface area contributed by atoms with Gasteiger partial charge in [-0.05, 0) is 64.0 Å². The third kappa shape index (κ3) is 3.27. The van der Waals surface area contributed by atoms with E-state index in [1.807, 2.05) is 7.05 Å². The molecule has 0 aliphatic carbocycles. The van der Waals surface area contributed by atoms with Crippen LogP contribution >= 0.6 is 0 Å². The molecule has 0 saturated carbocycles. The fraction of sp³-hybridized carbons (Fsp3) is 0.647. The fourth-order valence-corrected chi connectivity index (χ4v) is 3.54.